The monoisotopic (exact) mass is 404 g/mol. The summed E-state index contributed by atoms with van der Waals surface area (Å²) >= 11 is 0. The maximum absolute atomic E-state index is 12.9. The van der Waals surface area contributed by atoms with Crippen molar-refractivity contribution >= 4 is 5.91 Å². The molecule has 4 aromatic rings. The molecule has 5 nitrogen and oxygen atoms in total. The van der Waals surface area contributed by atoms with Crippen LogP contribution in [0.2, 0.25) is 0 Å². The van der Waals surface area contributed by atoms with Crippen molar-refractivity contribution < 1.29 is 18.3 Å². The Hall–Kier alpha value is -3.80. The first-order valence-electron chi connectivity index (χ1n) is 9.60. The van der Waals surface area contributed by atoms with Crippen LogP contribution in [0.3, 0.4) is 0 Å². The molecule has 0 bridgehead atoms. The molecule has 152 valence electrons. The number of nitrogens with one attached hydrogen (secondary N) is 1. The topological polar surface area (TPSA) is 56.4 Å². The number of rotatable bonds is 7. The van der Waals surface area contributed by atoms with Crippen LogP contribution in [0.4, 0.5) is 4.39 Å². The van der Waals surface area contributed by atoms with Crippen molar-refractivity contribution in [2.75, 3.05) is 0 Å². The number of furan rings is 1. The third kappa shape index (κ3) is 4.60. The molecule has 0 saturated carbocycles. The van der Waals surface area contributed by atoms with Crippen molar-refractivity contribution in [1.29, 1.82) is 0 Å². The molecular formula is C24H21FN2O3. The molecule has 1 amide bonds. The van der Waals surface area contributed by atoms with E-state index in [9.17, 15) is 9.18 Å². The molecule has 0 radical (unpaired) electrons. The normalized spacial score (nSPS) is 11.8. The predicted molar refractivity (Wildman–Crippen MR) is 111 cm³/mol. The number of hydrogen-bond donors (Lipinski definition) is 1. The average Bonchev–Trinajstić information content (AvgIpc) is 3.46. The van der Waals surface area contributed by atoms with Crippen LogP contribution >= 0.6 is 0 Å². The molecule has 2 aromatic heterocycles. The van der Waals surface area contributed by atoms with Crippen molar-refractivity contribution in [3.8, 4) is 11.4 Å². The Balaban J connectivity index is 1.33. The minimum atomic E-state index is -0.326. The number of nitrogens with zero attached hydrogens (tertiary/aromatic N) is 1. The number of ether oxygens (including phenoxy) is 1. The molecule has 30 heavy (non-hydrogen) atoms. The van der Waals surface area contributed by atoms with Gasteiger partial charge in [-0.05, 0) is 73.2 Å². The Kier molecular flexibility index (Phi) is 5.66. The lowest BCUT2D eigenvalue weighted by atomic mass is 10.1. The Morgan fingerprint density at radius 1 is 1.03 bits per heavy atom. The molecule has 6 heteroatoms. The summed E-state index contributed by atoms with van der Waals surface area (Å²) < 4.78 is 26.1. The minimum Gasteiger partial charge on any atom is -0.486 e. The lowest BCUT2D eigenvalue weighted by Crippen LogP contribution is -2.26. The standard InChI is InChI=1S/C24H21FN2O3/c1-17(18-4-8-20(9-5-18)27-14-2-3-15-27)26-24(28)23-13-12-22(30-23)16-29-21-10-6-19(25)7-11-21/h2-15,17H,16H2,1H3,(H,26,28). The molecule has 0 saturated heterocycles. The van der Waals surface area contributed by atoms with Crippen molar-refractivity contribution in [1.82, 2.24) is 9.88 Å². The fraction of sp³-hybridized carbons (Fsp3) is 0.125. The van der Waals surface area contributed by atoms with E-state index in [0.717, 1.165) is 11.3 Å². The predicted octanol–water partition coefficient (Wildman–Crippen LogP) is 5.28. The van der Waals surface area contributed by atoms with Crippen LogP contribution in [0, 0.1) is 5.82 Å². The summed E-state index contributed by atoms with van der Waals surface area (Å²) in [5.41, 5.74) is 2.05. The van der Waals surface area contributed by atoms with Gasteiger partial charge >= 0.3 is 0 Å². The van der Waals surface area contributed by atoms with Crippen molar-refractivity contribution in [3.05, 3.63) is 108 Å². The zero-order valence-electron chi connectivity index (χ0n) is 16.4. The number of halogens is 1. The highest BCUT2D eigenvalue weighted by atomic mass is 19.1. The van der Waals surface area contributed by atoms with Crippen molar-refractivity contribution in [3.63, 3.8) is 0 Å². The summed E-state index contributed by atoms with van der Waals surface area (Å²) in [5, 5.41) is 2.94. The number of amides is 1. The van der Waals surface area contributed by atoms with Gasteiger partial charge in [0, 0.05) is 18.1 Å². The molecule has 1 atom stereocenters. The fourth-order valence-corrected chi connectivity index (χ4v) is 3.06. The minimum absolute atomic E-state index is 0.148. The number of carbonyl (C=O) groups excluding carboxylic acids is 1. The van der Waals surface area contributed by atoms with Gasteiger partial charge in [-0.2, -0.15) is 0 Å². The van der Waals surface area contributed by atoms with E-state index in [4.69, 9.17) is 9.15 Å². The molecule has 2 heterocycles. The molecule has 0 aliphatic carbocycles. The summed E-state index contributed by atoms with van der Waals surface area (Å²) in [6, 6.07) is 20.8. The lowest BCUT2D eigenvalue weighted by Gasteiger charge is -2.14. The molecule has 0 aliphatic rings. The van der Waals surface area contributed by atoms with Gasteiger partial charge in [0.25, 0.3) is 5.91 Å². The van der Waals surface area contributed by atoms with E-state index in [-0.39, 0.29) is 30.1 Å². The van der Waals surface area contributed by atoms with Gasteiger partial charge in [-0.25, -0.2) is 4.39 Å². The second-order valence-electron chi connectivity index (χ2n) is 6.89. The van der Waals surface area contributed by atoms with Crippen LogP contribution in [0.5, 0.6) is 5.75 Å². The van der Waals surface area contributed by atoms with E-state index in [1.807, 2.05) is 60.3 Å². The maximum atomic E-state index is 12.9. The second kappa shape index (κ2) is 8.69. The summed E-state index contributed by atoms with van der Waals surface area (Å²) in [4.78, 5) is 12.5. The highest BCUT2D eigenvalue weighted by molar-refractivity contribution is 5.91. The van der Waals surface area contributed by atoms with Crippen LogP contribution < -0.4 is 10.1 Å². The zero-order valence-corrected chi connectivity index (χ0v) is 16.4. The van der Waals surface area contributed by atoms with E-state index >= 15 is 0 Å². The van der Waals surface area contributed by atoms with Gasteiger partial charge in [0.05, 0.1) is 6.04 Å². The molecule has 1 N–H and O–H groups in total. The summed E-state index contributed by atoms with van der Waals surface area (Å²) in [6.07, 6.45) is 3.96. The molecule has 4 rings (SSSR count). The van der Waals surface area contributed by atoms with Crippen molar-refractivity contribution in [2.45, 2.75) is 19.6 Å². The van der Waals surface area contributed by atoms with E-state index in [0.29, 0.717) is 11.5 Å². The van der Waals surface area contributed by atoms with Gasteiger partial charge in [-0.15, -0.1) is 0 Å². The zero-order chi connectivity index (χ0) is 20.9. The highest BCUT2D eigenvalue weighted by Gasteiger charge is 2.15. The van der Waals surface area contributed by atoms with E-state index in [2.05, 4.69) is 5.32 Å². The molecule has 0 aliphatic heterocycles. The van der Waals surface area contributed by atoms with Crippen LogP contribution in [-0.2, 0) is 6.61 Å². The fourth-order valence-electron chi connectivity index (χ4n) is 3.06. The van der Waals surface area contributed by atoms with E-state index < -0.39 is 0 Å². The summed E-state index contributed by atoms with van der Waals surface area (Å²) in [6.45, 7) is 2.07. The molecule has 0 fully saturated rings. The SMILES string of the molecule is CC(NC(=O)c1ccc(COc2ccc(F)cc2)o1)c1ccc(-n2cccc2)cc1. The average molecular weight is 404 g/mol. The third-order valence-electron chi connectivity index (χ3n) is 4.72. The van der Waals surface area contributed by atoms with Crippen LogP contribution in [0.1, 0.15) is 34.8 Å². The Labute approximate surface area is 173 Å². The number of hydrogen-bond acceptors (Lipinski definition) is 3. The number of carbonyl (C=O) groups is 1. The maximum Gasteiger partial charge on any atom is 0.287 e. The molecule has 1 unspecified atom stereocenters. The van der Waals surface area contributed by atoms with Crippen LogP contribution in [-0.4, -0.2) is 10.5 Å². The van der Waals surface area contributed by atoms with Crippen molar-refractivity contribution in [2.24, 2.45) is 0 Å². The summed E-state index contributed by atoms with van der Waals surface area (Å²) in [7, 11) is 0. The van der Waals surface area contributed by atoms with Gasteiger partial charge in [-0.3, -0.25) is 4.79 Å². The van der Waals surface area contributed by atoms with Gasteiger partial charge in [-0.1, -0.05) is 12.1 Å². The lowest BCUT2D eigenvalue weighted by molar-refractivity contribution is 0.0907. The summed E-state index contributed by atoms with van der Waals surface area (Å²) in [5.74, 6) is 0.616. The Bertz CT molecular complexity index is 1100. The van der Waals surface area contributed by atoms with Crippen LogP contribution in [0.15, 0.2) is 89.6 Å². The van der Waals surface area contributed by atoms with Gasteiger partial charge in [0.1, 0.15) is 23.9 Å². The van der Waals surface area contributed by atoms with Gasteiger partial charge in [0.15, 0.2) is 5.76 Å². The van der Waals surface area contributed by atoms with E-state index in [1.165, 1.54) is 24.3 Å². The highest BCUT2D eigenvalue weighted by Crippen LogP contribution is 2.18. The molecular weight excluding hydrogens is 383 g/mol. The molecule has 2 aromatic carbocycles. The Morgan fingerprint density at radius 2 is 1.73 bits per heavy atom. The third-order valence-corrected chi connectivity index (χ3v) is 4.72. The van der Waals surface area contributed by atoms with Gasteiger partial charge < -0.3 is 19.0 Å². The first-order chi connectivity index (χ1) is 14.6. The number of aromatic nitrogens is 1. The van der Waals surface area contributed by atoms with Crippen LogP contribution in [0.25, 0.3) is 5.69 Å². The first kappa shape index (κ1) is 19.5. The van der Waals surface area contributed by atoms with E-state index in [1.54, 1.807) is 12.1 Å². The second-order valence-corrected chi connectivity index (χ2v) is 6.89. The largest absolute Gasteiger partial charge is 0.486 e. The number of benzene rings is 2. The molecule has 0 spiro atoms. The van der Waals surface area contributed by atoms with Gasteiger partial charge in [0.2, 0.25) is 0 Å². The first-order valence-corrected chi connectivity index (χ1v) is 9.60. The smallest absolute Gasteiger partial charge is 0.287 e. The quantitative estimate of drug-likeness (QED) is 0.456. The Morgan fingerprint density at radius 3 is 2.43 bits per heavy atom.